The van der Waals surface area contributed by atoms with E-state index in [1.54, 1.807) is 18.4 Å². The van der Waals surface area contributed by atoms with Gasteiger partial charge in [0.25, 0.3) is 0 Å². The number of nitrogens with zero attached hydrogens (tertiary/aromatic N) is 2. The predicted octanol–water partition coefficient (Wildman–Crippen LogP) is 3.13. The van der Waals surface area contributed by atoms with Gasteiger partial charge >= 0.3 is 0 Å². The summed E-state index contributed by atoms with van der Waals surface area (Å²) in [7, 11) is 1.69. The van der Waals surface area contributed by atoms with Gasteiger partial charge in [0.15, 0.2) is 5.96 Å². The van der Waals surface area contributed by atoms with Crippen LogP contribution in [0.3, 0.4) is 0 Å². The standard InChI is InChI=1S/C16H22N4OS.HI/c1-3-17-16(18-9-10-21-2)19-11-15-20-14(12-22-15)13-7-5-4-6-8-13;/h4-8,12H,3,9-11H2,1-2H3,(H2,17,18,19);1H. The van der Waals surface area contributed by atoms with Crippen molar-refractivity contribution in [3.8, 4) is 11.3 Å². The second-order valence-corrected chi connectivity index (χ2v) is 5.55. The molecule has 1 aromatic heterocycles. The molecule has 0 atom stereocenters. The molecule has 23 heavy (non-hydrogen) atoms. The third-order valence-electron chi connectivity index (χ3n) is 2.94. The average molecular weight is 446 g/mol. The van der Waals surface area contributed by atoms with Gasteiger partial charge in [-0.05, 0) is 6.92 Å². The van der Waals surface area contributed by atoms with Crippen LogP contribution >= 0.6 is 35.3 Å². The molecule has 0 spiro atoms. The maximum Gasteiger partial charge on any atom is 0.191 e. The topological polar surface area (TPSA) is 58.5 Å². The quantitative estimate of drug-likeness (QED) is 0.297. The lowest BCUT2D eigenvalue weighted by Crippen LogP contribution is -2.38. The summed E-state index contributed by atoms with van der Waals surface area (Å²) in [4.78, 5) is 9.19. The molecule has 0 saturated heterocycles. The van der Waals surface area contributed by atoms with Crippen LogP contribution in [0.5, 0.6) is 0 Å². The Kier molecular flexibility index (Phi) is 9.81. The Hall–Kier alpha value is -1.19. The van der Waals surface area contributed by atoms with Crippen LogP contribution in [0.2, 0.25) is 0 Å². The molecule has 2 aromatic rings. The highest BCUT2D eigenvalue weighted by molar-refractivity contribution is 14.0. The van der Waals surface area contributed by atoms with Crippen molar-refractivity contribution >= 4 is 41.3 Å². The second kappa shape index (κ2) is 11.4. The van der Waals surface area contributed by atoms with Crippen LogP contribution in [-0.2, 0) is 11.3 Å². The summed E-state index contributed by atoms with van der Waals surface area (Å²) in [6.45, 7) is 4.82. The van der Waals surface area contributed by atoms with E-state index in [0.717, 1.165) is 35.3 Å². The van der Waals surface area contributed by atoms with Gasteiger partial charge in [0.1, 0.15) is 5.01 Å². The van der Waals surface area contributed by atoms with Crippen molar-refractivity contribution < 1.29 is 4.74 Å². The number of hydrogen-bond donors (Lipinski definition) is 2. The van der Waals surface area contributed by atoms with E-state index in [9.17, 15) is 0 Å². The first-order valence-electron chi connectivity index (χ1n) is 7.34. The van der Waals surface area contributed by atoms with Crippen LogP contribution in [0.15, 0.2) is 40.7 Å². The number of ether oxygens (including phenoxy) is 1. The van der Waals surface area contributed by atoms with E-state index in [0.29, 0.717) is 13.2 Å². The largest absolute Gasteiger partial charge is 0.383 e. The first-order chi connectivity index (χ1) is 10.8. The molecule has 2 N–H and O–H groups in total. The van der Waals surface area contributed by atoms with Gasteiger partial charge in [-0.2, -0.15) is 0 Å². The van der Waals surface area contributed by atoms with E-state index in [1.807, 2.05) is 25.1 Å². The maximum absolute atomic E-state index is 5.03. The van der Waals surface area contributed by atoms with Gasteiger partial charge in [-0.25, -0.2) is 9.98 Å². The fourth-order valence-electron chi connectivity index (χ4n) is 1.88. The van der Waals surface area contributed by atoms with Crippen LogP contribution in [0.25, 0.3) is 11.3 Å². The molecule has 2 rings (SSSR count). The number of guanidine groups is 1. The van der Waals surface area contributed by atoms with E-state index >= 15 is 0 Å². The predicted molar refractivity (Wildman–Crippen MR) is 108 cm³/mol. The van der Waals surface area contributed by atoms with Crippen LogP contribution in [0, 0.1) is 0 Å². The number of thiazole rings is 1. The monoisotopic (exact) mass is 446 g/mol. The number of aromatic nitrogens is 1. The summed E-state index contributed by atoms with van der Waals surface area (Å²) in [5.74, 6) is 0.788. The molecule has 0 radical (unpaired) electrons. The molecule has 7 heteroatoms. The number of aliphatic imine (C=N–C) groups is 1. The SMILES string of the molecule is CCNC(=NCc1nc(-c2ccccc2)cs1)NCCOC.I. The molecule has 5 nitrogen and oxygen atoms in total. The van der Waals surface area contributed by atoms with Crippen LogP contribution in [-0.4, -0.2) is 37.7 Å². The summed E-state index contributed by atoms with van der Waals surface area (Å²) in [6.07, 6.45) is 0. The van der Waals surface area contributed by atoms with Gasteiger partial charge in [0.2, 0.25) is 0 Å². The Morgan fingerprint density at radius 2 is 2.04 bits per heavy atom. The highest BCUT2D eigenvalue weighted by Gasteiger charge is 2.04. The number of benzene rings is 1. The lowest BCUT2D eigenvalue weighted by atomic mass is 10.2. The zero-order valence-corrected chi connectivity index (χ0v) is 16.6. The molecule has 0 aliphatic heterocycles. The molecule has 126 valence electrons. The van der Waals surface area contributed by atoms with Crippen molar-refractivity contribution in [3.63, 3.8) is 0 Å². The third-order valence-corrected chi connectivity index (χ3v) is 3.77. The minimum Gasteiger partial charge on any atom is -0.383 e. The van der Waals surface area contributed by atoms with Gasteiger partial charge in [0, 0.05) is 31.1 Å². The van der Waals surface area contributed by atoms with Crippen molar-refractivity contribution in [2.45, 2.75) is 13.5 Å². The van der Waals surface area contributed by atoms with Crippen molar-refractivity contribution in [3.05, 3.63) is 40.7 Å². The smallest absolute Gasteiger partial charge is 0.191 e. The number of methoxy groups -OCH3 is 1. The van der Waals surface area contributed by atoms with Crippen molar-refractivity contribution in [1.82, 2.24) is 15.6 Å². The highest BCUT2D eigenvalue weighted by Crippen LogP contribution is 2.21. The van der Waals surface area contributed by atoms with E-state index in [-0.39, 0.29) is 24.0 Å². The van der Waals surface area contributed by atoms with Crippen LogP contribution in [0.4, 0.5) is 0 Å². The van der Waals surface area contributed by atoms with E-state index < -0.39 is 0 Å². The van der Waals surface area contributed by atoms with E-state index in [1.165, 1.54) is 0 Å². The van der Waals surface area contributed by atoms with Gasteiger partial charge < -0.3 is 15.4 Å². The van der Waals surface area contributed by atoms with Gasteiger partial charge in [-0.15, -0.1) is 35.3 Å². The fourth-order valence-corrected chi connectivity index (χ4v) is 2.61. The molecule has 0 fully saturated rings. The Morgan fingerprint density at radius 3 is 2.74 bits per heavy atom. The summed E-state index contributed by atoms with van der Waals surface area (Å²) in [5.41, 5.74) is 2.15. The Bertz CT molecular complexity index is 589. The molecule has 1 aromatic carbocycles. The van der Waals surface area contributed by atoms with Crippen LogP contribution in [0.1, 0.15) is 11.9 Å². The first-order valence-corrected chi connectivity index (χ1v) is 8.22. The zero-order chi connectivity index (χ0) is 15.6. The van der Waals surface area contributed by atoms with Crippen molar-refractivity contribution in [2.75, 3.05) is 26.8 Å². The number of hydrogen-bond acceptors (Lipinski definition) is 4. The fraction of sp³-hybridized carbons (Fsp3) is 0.375. The molecular formula is C16H23IN4OS. The molecule has 0 aliphatic rings. The lowest BCUT2D eigenvalue weighted by molar-refractivity contribution is 0.203. The molecule has 0 amide bonds. The average Bonchev–Trinajstić information content (AvgIpc) is 3.03. The molecule has 1 heterocycles. The molecule has 0 saturated carbocycles. The molecule has 0 unspecified atom stereocenters. The first kappa shape index (κ1) is 19.9. The zero-order valence-electron chi connectivity index (χ0n) is 13.4. The second-order valence-electron chi connectivity index (χ2n) is 4.61. The van der Waals surface area contributed by atoms with Gasteiger partial charge in [0.05, 0.1) is 18.8 Å². The lowest BCUT2D eigenvalue weighted by Gasteiger charge is -2.10. The van der Waals surface area contributed by atoms with Crippen molar-refractivity contribution in [1.29, 1.82) is 0 Å². The summed E-state index contributed by atoms with van der Waals surface area (Å²) >= 11 is 1.63. The molecule has 0 aliphatic carbocycles. The Balaban J connectivity index is 0.00000264. The minimum atomic E-state index is 0. The van der Waals surface area contributed by atoms with E-state index in [4.69, 9.17) is 4.74 Å². The maximum atomic E-state index is 5.03. The third kappa shape index (κ3) is 6.84. The van der Waals surface area contributed by atoms with Crippen LogP contribution < -0.4 is 10.6 Å². The number of nitrogens with one attached hydrogen (secondary N) is 2. The Labute approximate surface area is 158 Å². The number of rotatable bonds is 7. The normalized spacial score (nSPS) is 11.0. The summed E-state index contributed by atoms with van der Waals surface area (Å²) in [6, 6.07) is 10.2. The minimum absolute atomic E-state index is 0. The van der Waals surface area contributed by atoms with Gasteiger partial charge in [-0.1, -0.05) is 30.3 Å². The van der Waals surface area contributed by atoms with Gasteiger partial charge in [-0.3, -0.25) is 0 Å². The molecular weight excluding hydrogens is 423 g/mol. The highest BCUT2D eigenvalue weighted by atomic mass is 127. The van der Waals surface area contributed by atoms with E-state index in [2.05, 4.69) is 38.1 Å². The van der Waals surface area contributed by atoms with Crippen molar-refractivity contribution in [2.24, 2.45) is 4.99 Å². The Morgan fingerprint density at radius 1 is 1.26 bits per heavy atom. The number of halogens is 1. The summed E-state index contributed by atoms with van der Waals surface area (Å²) < 4.78 is 5.03. The summed E-state index contributed by atoms with van der Waals surface area (Å²) in [5, 5.41) is 9.51. The molecule has 0 bridgehead atoms.